The van der Waals surface area contributed by atoms with Crippen molar-refractivity contribution in [2.24, 2.45) is 0 Å². The molecule has 0 atom stereocenters. The van der Waals surface area contributed by atoms with Crippen LogP contribution in [0.2, 0.25) is 5.02 Å². The summed E-state index contributed by atoms with van der Waals surface area (Å²) in [5, 5.41) is 12.7. The molecule has 0 unspecified atom stereocenters. The van der Waals surface area contributed by atoms with Gasteiger partial charge in [-0.2, -0.15) is 0 Å². The molecule has 5 heteroatoms. The standard InChI is InChI=1S/C17H19ClN2O2/c1-17(2,3)11-6-4-10(5-7-11)16(22)20-14-8-12(18)13(19)9-15(14)21/h4-9,21H,19H2,1-3H3,(H,20,22). The van der Waals surface area contributed by atoms with Crippen LogP contribution in [0.15, 0.2) is 36.4 Å². The minimum atomic E-state index is -0.323. The number of amides is 1. The Morgan fingerprint density at radius 1 is 1.18 bits per heavy atom. The number of aromatic hydroxyl groups is 1. The summed E-state index contributed by atoms with van der Waals surface area (Å²) in [6, 6.07) is 10.1. The fourth-order valence-corrected chi connectivity index (χ4v) is 2.16. The molecule has 0 fully saturated rings. The summed E-state index contributed by atoms with van der Waals surface area (Å²) < 4.78 is 0. The first-order valence-electron chi connectivity index (χ1n) is 6.88. The minimum absolute atomic E-state index is 0.0256. The Hall–Kier alpha value is -2.20. The second-order valence-electron chi connectivity index (χ2n) is 6.17. The molecule has 0 spiro atoms. The molecule has 116 valence electrons. The van der Waals surface area contributed by atoms with Crippen LogP contribution in [0.3, 0.4) is 0 Å². The Kier molecular flexibility index (Phi) is 4.33. The number of benzene rings is 2. The van der Waals surface area contributed by atoms with E-state index < -0.39 is 0 Å². The summed E-state index contributed by atoms with van der Waals surface area (Å²) in [6.45, 7) is 6.32. The van der Waals surface area contributed by atoms with Crippen molar-refractivity contribution in [1.82, 2.24) is 0 Å². The quantitative estimate of drug-likeness (QED) is 0.574. The van der Waals surface area contributed by atoms with Crippen LogP contribution < -0.4 is 11.1 Å². The molecular weight excluding hydrogens is 300 g/mol. The molecule has 2 aromatic rings. The van der Waals surface area contributed by atoms with Crippen molar-refractivity contribution in [2.75, 3.05) is 11.1 Å². The largest absolute Gasteiger partial charge is 0.506 e. The summed E-state index contributed by atoms with van der Waals surface area (Å²) in [4.78, 5) is 12.2. The van der Waals surface area contributed by atoms with Crippen LogP contribution in [0.4, 0.5) is 11.4 Å². The SMILES string of the molecule is CC(C)(C)c1ccc(C(=O)Nc2cc(Cl)c(N)cc2O)cc1. The van der Waals surface area contributed by atoms with E-state index in [0.29, 0.717) is 5.56 Å². The predicted molar refractivity (Wildman–Crippen MR) is 90.6 cm³/mol. The Balaban J connectivity index is 2.21. The lowest BCUT2D eigenvalue weighted by Gasteiger charge is -2.19. The van der Waals surface area contributed by atoms with E-state index in [9.17, 15) is 9.90 Å². The van der Waals surface area contributed by atoms with Gasteiger partial charge in [-0.05, 0) is 29.2 Å². The first-order valence-corrected chi connectivity index (χ1v) is 7.26. The smallest absolute Gasteiger partial charge is 0.255 e. The molecule has 0 aromatic heterocycles. The van der Waals surface area contributed by atoms with Crippen molar-refractivity contribution in [2.45, 2.75) is 26.2 Å². The first-order chi connectivity index (χ1) is 10.2. The van der Waals surface area contributed by atoms with E-state index in [-0.39, 0.29) is 33.5 Å². The van der Waals surface area contributed by atoms with Crippen molar-refractivity contribution in [3.8, 4) is 5.75 Å². The van der Waals surface area contributed by atoms with Gasteiger partial charge in [0.25, 0.3) is 5.91 Å². The zero-order valence-electron chi connectivity index (χ0n) is 12.8. The van der Waals surface area contributed by atoms with Gasteiger partial charge in [0, 0.05) is 11.6 Å². The van der Waals surface area contributed by atoms with Gasteiger partial charge in [-0.3, -0.25) is 4.79 Å². The van der Waals surface area contributed by atoms with Crippen LogP contribution in [0.1, 0.15) is 36.7 Å². The van der Waals surface area contributed by atoms with E-state index in [1.165, 1.54) is 12.1 Å². The monoisotopic (exact) mass is 318 g/mol. The number of phenolic OH excluding ortho intramolecular Hbond substituents is 1. The number of nitrogens with two attached hydrogens (primary N) is 1. The van der Waals surface area contributed by atoms with Gasteiger partial charge in [0.1, 0.15) is 5.75 Å². The van der Waals surface area contributed by atoms with E-state index in [2.05, 4.69) is 26.1 Å². The summed E-state index contributed by atoms with van der Waals surface area (Å²) in [6.07, 6.45) is 0. The average molecular weight is 319 g/mol. The molecule has 0 radical (unpaired) electrons. The van der Waals surface area contributed by atoms with Crippen molar-refractivity contribution in [3.05, 3.63) is 52.5 Å². The Labute approximate surface area is 134 Å². The van der Waals surface area contributed by atoms with Gasteiger partial charge in [-0.15, -0.1) is 0 Å². The maximum atomic E-state index is 12.2. The number of carbonyl (C=O) groups is 1. The van der Waals surface area contributed by atoms with Gasteiger partial charge < -0.3 is 16.2 Å². The number of nitrogens with one attached hydrogen (secondary N) is 1. The highest BCUT2D eigenvalue weighted by atomic mass is 35.5. The first kappa shape index (κ1) is 16.2. The van der Waals surface area contributed by atoms with Crippen LogP contribution >= 0.6 is 11.6 Å². The average Bonchev–Trinajstić information content (AvgIpc) is 2.44. The Bertz CT molecular complexity index is 704. The minimum Gasteiger partial charge on any atom is -0.506 e. The molecule has 1 amide bonds. The molecule has 0 bridgehead atoms. The fraction of sp³-hybridized carbons (Fsp3) is 0.235. The highest BCUT2D eigenvalue weighted by Crippen LogP contribution is 2.32. The van der Waals surface area contributed by atoms with Gasteiger partial charge in [0.15, 0.2) is 0 Å². The topological polar surface area (TPSA) is 75.4 Å². The number of rotatable bonds is 2. The second-order valence-corrected chi connectivity index (χ2v) is 6.58. The van der Waals surface area contributed by atoms with Crippen LogP contribution in [-0.4, -0.2) is 11.0 Å². The third-order valence-electron chi connectivity index (χ3n) is 3.38. The molecule has 0 aliphatic rings. The lowest BCUT2D eigenvalue weighted by molar-refractivity contribution is 0.102. The van der Waals surface area contributed by atoms with Gasteiger partial charge in [-0.25, -0.2) is 0 Å². The summed E-state index contributed by atoms with van der Waals surface area (Å²) >= 11 is 5.90. The lowest BCUT2D eigenvalue weighted by atomic mass is 9.87. The van der Waals surface area contributed by atoms with E-state index >= 15 is 0 Å². The third kappa shape index (κ3) is 3.52. The molecule has 2 aromatic carbocycles. The number of phenols is 1. The number of hydrogen-bond donors (Lipinski definition) is 3. The van der Waals surface area contributed by atoms with Crippen molar-refractivity contribution < 1.29 is 9.90 Å². The number of anilines is 2. The highest BCUT2D eigenvalue weighted by molar-refractivity contribution is 6.33. The van der Waals surface area contributed by atoms with E-state index in [0.717, 1.165) is 5.56 Å². The van der Waals surface area contributed by atoms with Gasteiger partial charge >= 0.3 is 0 Å². The molecule has 4 nitrogen and oxygen atoms in total. The number of halogens is 1. The van der Waals surface area contributed by atoms with Crippen LogP contribution in [0.25, 0.3) is 0 Å². The molecule has 2 rings (SSSR count). The summed E-state index contributed by atoms with van der Waals surface area (Å²) in [7, 11) is 0. The fourth-order valence-electron chi connectivity index (χ4n) is 1.99. The highest BCUT2D eigenvalue weighted by Gasteiger charge is 2.15. The summed E-state index contributed by atoms with van der Waals surface area (Å²) in [5.41, 5.74) is 7.73. The van der Waals surface area contributed by atoms with Crippen LogP contribution in [0, 0.1) is 0 Å². The zero-order valence-corrected chi connectivity index (χ0v) is 13.5. The Morgan fingerprint density at radius 2 is 1.77 bits per heavy atom. The Morgan fingerprint density at radius 3 is 2.32 bits per heavy atom. The van der Waals surface area contributed by atoms with Crippen LogP contribution in [0.5, 0.6) is 5.75 Å². The van der Waals surface area contributed by atoms with Crippen molar-refractivity contribution in [1.29, 1.82) is 0 Å². The maximum absolute atomic E-state index is 12.2. The van der Waals surface area contributed by atoms with E-state index in [1.54, 1.807) is 12.1 Å². The second kappa shape index (κ2) is 5.89. The molecule has 0 aliphatic carbocycles. The number of hydrogen-bond acceptors (Lipinski definition) is 3. The van der Waals surface area contributed by atoms with E-state index in [4.69, 9.17) is 17.3 Å². The molecular formula is C17H19ClN2O2. The zero-order chi connectivity index (χ0) is 16.5. The summed E-state index contributed by atoms with van der Waals surface area (Å²) in [5.74, 6) is -0.446. The third-order valence-corrected chi connectivity index (χ3v) is 3.70. The number of carbonyl (C=O) groups excluding carboxylic acids is 1. The van der Waals surface area contributed by atoms with Crippen molar-refractivity contribution >= 4 is 28.9 Å². The number of nitrogen functional groups attached to an aromatic ring is 1. The van der Waals surface area contributed by atoms with E-state index in [1.807, 2.05) is 12.1 Å². The molecule has 0 heterocycles. The molecule has 22 heavy (non-hydrogen) atoms. The molecule has 0 saturated carbocycles. The predicted octanol–water partition coefficient (Wildman–Crippen LogP) is 4.18. The normalized spacial score (nSPS) is 11.3. The molecule has 0 aliphatic heterocycles. The molecule has 0 saturated heterocycles. The van der Waals surface area contributed by atoms with Gasteiger partial charge in [0.05, 0.1) is 16.4 Å². The maximum Gasteiger partial charge on any atom is 0.255 e. The molecule has 4 N–H and O–H groups in total. The lowest BCUT2D eigenvalue weighted by Crippen LogP contribution is -2.14. The van der Waals surface area contributed by atoms with Gasteiger partial charge in [-0.1, -0.05) is 44.5 Å². The van der Waals surface area contributed by atoms with Crippen molar-refractivity contribution in [3.63, 3.8) is 0 Å². The van der Waals surface area contributed by atoms with Crippen LogP contribution in [-0.2, 0) is 5.41 Å². The van der Waals surface area contributed by atoms with Gasteiger partial charge in [0.2, 0.25) is 0 Å².